The van der Waals surface area contributed by atoms with Gasteiger partial charge in [-0.05, 0) is 36.7 Å². The van der Waals surface area contributed by atoms with Crippen LogP contribution in [0.4, 0.5) is 0 Å². The van der Waals surface area contributed by atoms with Crippen molar-refractivity contribution in [3.05, 3.63) is 15.0 Å². The molecule has 0 bridgehead atoms. The lowest BCUT2D eigenvalue weighted by Crippen LogP contribution is -2.25. The Morgan fingerprint density at radius 2 is 2.29 bits per heavy atom. The maximum absolute atomic E-state index is 11.6. The first-order chi connectivity index (χ1) is 6.41. The van der Waals surface area contributed by atoms with E-state index in [0.29, 0.717) is 0 Å². The summed E-state index contributed by atoms with van der Waals surface area (Å²) in [6.45, 7) is 5.67. The van der Waals surface area contributed by atoms with Gasteiger partial charge in [-0.25, -0.2) is 4.98 Å². The topological polar surface area (TPSA) is 48.3 Å². The van der Waals surface area contributed by atoms with E-state index in [9.17, 15) is 4.55 Å². The normalized spacial score (nSPS) is 14.9. The van der Waals surface area contributed by atoms with Crippen molar-refractivity contribution in [2.24, 2.45) is 4.40 Å². The molecule has 3 nitrogen and oxygen atoms in total. The van der Waals surface area contributed by atoms with Gasteiger partial charge < -0.3 is 4.55 Å². The summed E-state index contributed by atoms with van der Waals surface area (Å²) in [6.07, 6.45) is 1.60. The van der Waals surface area contributed by atoms with E-state index < -0.39 is 11.4 Å². The number of aromatic nitrogens is 1. The molecule has 14 heavy (non-hydrogen) atoms. The van der Waals surface area contributed by atoms with E-state index in [0.717, 1.165) is 9.48 Å². The number of rotatable bonds is 2. The third kappa shape index (κ3) is 3.34. The second-order valence-corrected chi connectivity index (χ2v) is 7.17. The van der Waals surface area contributed by atoms with E-state index in [2.05, 4.69) is 25.3 Å². The summed E-state index contributed by atoms with van der Waals surface area (Å²) in [7, 11) is 0. The largest absolute Gasteiger partial charge is 0.591 e. The fourth-order valence-electron chi connectivity index (χ4n) is 0.579. The van der Waals surface area contributed by atoms with Crippen LogP contribution in [-0.2, 0) is 11.4 Å². The van der Waals surface area contributed by atoms with Crippen LogP contribution in [0.25, 0.3) is 0 Å². The molecule has 78 valence electrons. The molecule has 1 aromatic heterocycles. The molecule has 0 radical (unpaired) electrons. The Hall–Kier alpha value is 0.0900. The molecule has 0 aliphatic heterocycles. The first kappa shape index (κ1) is 12.2. The third-order valence-corrected chi connectivity index (χ3v) is 4.34. The highest BCUT2D eigenvalue weighted by Crippen LogP contribution is 2.20. The lowest BCUT2D eigenvalue weighted by molar-refractivity contribution is 0.562. The van der Waals surface area contributed by atoms with Crippen molar-refractivity contribution in [2.75, 3.05) is 0 Å². The Morgan fingerprint density at radius 1 is 1.64 bits per heavy atom. The van der Waals surface area contributed by atoms with Crippen LogP contribution < -0.4 is 0 Å². The van der Waals surface area contributed by atoms with Gasteiger partial charge in [0, 0.05) is 0 Å². The molecule has 0 spiro atoms. The van der Waals surface area contributed by atoms with Crippen molar-refractivity contribution in [1.29, 1.82) is 0 Å². The molecular weight excluding hydrogens is 284 g/mol. The molecule has 0 aromatic carbocycles. The molecule has 1 unspecified atom stereocenters. The number of nitrogens with zero attached hydrogens (tertiary/aromatic N) is 2. The van der Waals surface area contributed by atoms with Gasteiger partial charge in [0.2, 0.25) is 0 Å². The van der Waals surface area contributed by atoms with Crippen LogP contribution in [0.2, 0.25) is 0 Å². The standard InChI is InChI=1S/C8H11BrN2OS2/c1-8(2,3)14(12)11-4-6-7(9)10-5-13-6/h4-5H,1-3H3. The summed E-state index contributed by atoms with van der Waals surface area (Å²) in [5.74, 6) is 0. The molecule has 1 rings (SSSR count). The highest BCUT2D eigenvalue weighted by molar-refractivity contribution is 9.10. The zero-order valence-corrected chi connectivity index (χ0v) is 11.4. The Bertz CT molecular complexity index is 332. The molecular formula is C8H11BrN2OS2. The van der Waals surface area contributed by atoms with Gasteiger partial charge in [0.1, 0.15) is 20.7 Å². The zero-order chi connectivity index (χ0) is 10.8. The Morgan fingerprint density at radius 3 is 2.71 bits per heavy atom. The summed E-state index contributed by atoms with van der Waals surface area (Å²) < 4.78 is 16.0. The summed E-state index contributed by atoms with van der Waals surface area (Å²) >= 11 is 3.53. The number of hydrogen-bond acceptors (Lipinski definition) is 4. The summed E-state index contributed by atoms with van der Waals surface area (Å²) in [6, 6.07) is 0. The van der Waals surface area contributed by atoms with Crippen LogP contribution in [0.5, 0.6) is 0 Å². The molecule has 1 aromatic rings. The summed E-state index contributed by atoms with van der Waals surface area (Å²) in [5.41, 5.74) is 1.71. The maximum atomic E-state index is 11.6. The van der Waals surface area contributed by atoms with E-state index in [4.69, 9.17) is 0 Å². The van der Waals surface area contributed by atoms with E-state index in [1.807, 2.05) is 20.8 Å². The van der Waals surface area contributed by atoms with Gasteiger partial charge >= 0.3 is 0 Å². The summed E-state index contributed by atoms with van der Waals surface area (Å²) in [5, 5.41) is 0. The fraction of sp³-hybridized carbons (Fsp3) is 0.500. The number of halogens is 1. The van der Waals surface area contributed by atoms with Crippen molar-refractivity contribution < 1.29 is 4.55 Å². The average Bonchev–Trinajstić information content (AvgIpc) is 2.45. The van der Waals surface area contributed by atoms with Crippen LogP contribution in [-0.4, -0.2) is 20.5 Å². The minimum Gasteiger partial charge on any atom is -0.591 e. The van der Waals surface area contributed by atoms with Crippen LogP contribution in [0.3, 0.4) is 0 Å². The van der Waals surface area contributed by atoms with Crippen LogP contribution in [0, 0.1) is 0 Å². The Labute approximate surface area is 99.1 Å². The monoisotopic (exact) mass is 294 g/mol. The molecule has 0 amide bonds. The molecule has 0 saturated heterocycles. The number of hydrogen-bond donors (Lipinski definition) is 0. The predicted molar refractivity (Wildman–Crippen MR) is 65.3 cm³/mol. The van der Waals surface area contributed by atoms with Gasteiger partial charge in [0.25, 0.3) is 0 Å². The lowest BCUT2D eigenvalue weighted by atomic mass is 10.3. The van der Waals surface area contributed by atoms with E-state index in [1.165, 1.54) is 11.3 Å². The molecule has 0 saturated carbocycles. The van der Waals surface area contributed by atoms with Crippen molar-refractivity contribution in [1.82, 2.24) is 4.98 Å². The van der Waals surface area contributed by atoms with Gasteiger partial charge in [0.05, 0.1) is 16.6 Å². The minimum absolute atomic E-state index is 0.312. The molecule has 0 aliphatic carbocycles. The molecule has 6 heteroatoms. The van der Waals surface area contributed by atoms with Gasteiger partial charge in [-0.1, -0.05) is 4.40 Å². The van der Waals surface area contributed by atoms with Gasteiger partial charge in [-0.3, -0.25) is 0 Å². The zero-order valence-electron chi connectivity index (χ0n) is 8.15. The fourth-order valence-corrected chi connectivity index (χ4v) is 2.32. The highest BCUT2D eigenvalue weighted by Gasteiger charge is 2.25. The smallest absolute Gasteiger partial charge is 0.144 e. The van der Waals surface area contributed by atoms with Gasteiger partial charge in [-0.15, -0.1) is 11.3 Å². The first-order valence-electron chi connectivity index (χ1n) is 3.96. The van der Waals surface area contributed by atoms with Crippen molar-refractivity contribution in [2.45, 2.75) is 25.5 Å². The second kappa shape index (κ2) is 4.74. The second-order valence-electron chi connectivity index (χ2n) is 3.60. The Kier molecular flexibility index (Phi) is 4.12. The minimum atomic E-state index is -1.20. The predicted octanol–water partition coefficient (Wildman–Crippen LogP) is 2.79. The molecule has 1 heterocycles. The van der Waals surface area contributed by atoms with Gasteiger partial charge in [0.15, 0.2) is 0 Å². The first-order valence-corrected chi connectivity index (χ1v) is 6.74. The third-order valence-electron chi connectivity index (χ3n) is 1.34. The molecule has 0 aliphatic rings. The van der Waals surface area contributed by atoms with E-state index in [-0.39, 0.29) is 4.75 Å². The highest BCUT2D eigenvalue weighted by atomic mass is 79.9. The van der Waals surface area contributed by atoms with E-state index >= 15 is 0 Å². The van der Waals surface area contributed by atoms with Crippen molar-refractivity contribution >= 4 is 44.8 Å². The van der Waals surface area contributed by atoms with Crippen molar-refractivity contribution in [3.8, 4) is 0 Å². The molecule has 1 atom stereocenters. The summed E-state index contributed by atoms with van der Waals surface area (Å²) in [4.78, 5) is 4.89. The quantitative estimate of drug-likeness (QED) is 0.622. The molecule has 0 fully saturated rings. The lowest BCUT2D eigenvalue weighted by Gasteiger charge is -2.17. The van der Waals surface area contributed by atoms with Crippen molar-refractivity contribution in [3.63, 3.8) is 0 Å². The maximum Gasteiger partial charge on any atom is 0.144 e. The number of thiazole rings is 1. The average molecular weight is 295 g/mol. The van der Waals surface area contributed by atoms with Crippen LogP contribution in [0.15, 0.2) is 14.5 Å². The Balaban J connectivity index is 2.70. The molecule has 0 N–H and O–H groups in total. The van der Waals surface area contributed by atoms with E-state index in [1.54, 1.807) is 11.7 Å². The van der Waals surface area contributed by atoms with Crippen LogP contribution >= 0.6 is 27.3 Å². The SMILES string of the molecule is CC(C)(C)[S+]([O-])N=Cc1scnc1Br. The van der Waals surface area contributed by atoms with Crippen LogP contribution in [0.1, 0.15) is 25.6 Å². The van der Waals surface area contributed by atoms with Gasteiger partial charge in [-0.2, -0.15) is 0 Å².